The van der Waals surface area contributed by atoms with Crippen molar-refractivity contribution in [1.82, 2.24) is 0 Å². The van der Waals surface area contributed by atoms with Gasteiger partial charge in [-0.05, 0) is 43.4 Å². The molecule has 104 valence electrons. The fraction of sp³-hybridized carbons (Fsp3) is 0.600. The van der Waals surface area contributed by atoms with Crippen LogP contribution in [0.1, 0.15) is 36.5 Å². The Morgan fingerprint density at radius 2 is 2.32 bits per heavy atom. The maximum Gasteiger partial charge on any atom is 0.0884 e. The van der Waals surface area contributed by atoms with Crippen molar-refractivity contribution in [3.05, 3.63) is 33.8 Å². The Hall–Kier alpha value is -0.420. The van der Waals surface area contributed by atoms with Crippen LogP contribution in [0.5, 0.6) is 0 Å². The molecular formula is C15H20BrNO2. The van der Waals surface area contributed by atoms with Crippen molar-refractivity contribution in [2.45, 2.75) is 44.5 Å². The van der Waals surface area contributed by atoms with Gasteiger partial charge in [-0.1, -0.05) is 28.1 Å². The Kier molecular flexibility index (Phi) is 3.46. The summed E-state index contributed by atoms with van der Waals surface area (Å²) < 4.78 is 6.99. The van der Waals surface area contributed by atoms with Crippen LogP contribution in [-0.4, -0.2) is 23.9 Å². The number of hydrogen-bond donors (Lipinski definition) is 2. The number of halogens is 1. The predicted octanol–water partition coefficient (Wildman–Crippen LogP) is 2.69. The highest BCUT2D eigenvalue weighted by Crippen LogP contribution is 2.53. The largest absolute Gasteiger partial charge is 0.388 e. The molecule has 4 heteroatoms. The number of hydrogen-bond acceptors (Lipinski definition) is 3. The van der Waals surface area contributed by atoms with Crippen molar-refractivity contribution in [3.63, 3.8) is 0 Å². The van der Waals surface area contributed by atoms with Crippen molar-refractivity contribution in [2.75, 3.05) is 6.54 Å². The monoisotopic (exact) mass is 325 g/mol. The van der Waals surface area contributed by atoms with Gasteiger partial charge in [0.2, 0.25) is 0 Å². The normalized spacial score (nSPS) is 34.7. The molecule has 0 aromatic heterocycles. The zero-order valence-electron chi connectivity index (χ0n) is 11.1. The first-order chi connectivity index (χ1) is 9.06. The minimum atomic E-state index is -0.542. The molecule has 0 spiro atoms. The standard InChI is InChI=1S/C15H20BrNO2/c1-9-6-10(2-4-12(9)16)14(18)15(8-17)7-11-3-5-13(15)19-11/h2,4,6,11,13-14,18H,3,5,7-8,17H2,1H3. The van der Waals surface area contributed by atoms with Gasteiger partial charge in [-0.2, -0.15) is 0 Å². The Bertz CT molecular complexity index is 493. The van der Waals surface area contributed by atoms with Gasteiger partial charge >= 0.3 is 0 Å². The quantitative estimate of drug-likeness (QED) is 0.898. The summed E-state index contributed by atoms with van der Waals surface area (Å²) in [6.45, 7) is 2.51. The van der Waals surface area contributed by atoms with E-state index < -0.39 is 6.10 Å². The van der Waals surface area contributed by atoms with Gasteiger partial charge in [0.25, 0.3) is 0 Å². The predicted molar refractivity (Wildman–Crippen MR) is 77.8 cm³/mol. The summed E-state index contributed by atoms with van der Waals surface area (Å²) in [6.07, 6.45) is 2.87. The molecule has 3 N–H and O–H groups in total. The van der Waals surface area contributed by atoms with Crippen molar-refractivity contribution in [2.24, 2.45) is 11.1 Å². The number of ether oxygens (including phenoxy) is 1. The molecule has 3 rings (SSSR count). The molecule has 2 aliphatic heterocycles. The van der Waals surface area contributed by atoms with Crippen molar-refractivity contribution in [1.29, 1.82) is 0 Å². The van der Waals surface area contributed by atoms with Crippen LogP contribution in [0.3, 0.4) is 0 Å². The first-order valence-corrected chi connectivity index (χ1v) is 7.66. The summed E-state index contributed by atoms with van der Waals surface area (Å²) in [5.41, 5.74) is 7.79. The maximum absolute atomic E-state index is 10.8. The molecule has 2 saturated heterocycles. The fourth-order valence-corrected chi connectivity index (χ4v) is 3.86. The van der Waals surface area contributed by atoms with Crippen LogP contribution in [0.4, 0.5) is 0 Å². The zero-order valence-corrected chi connectivity index (χ0v) is 12.7. The molecule has 1 aromatic rings. The molecule has 0 radical (unpaired) electrons. The SMILES string of the molecule is Cc1cc(C(O)C2(CN)CC3CCC2O3)ccc1Br. The minimum Gasteiger partial charge on any atom is -0.388 e. The minimum absolute atomic E-state index is 0.112. The second-order valence-corrected chi connectivity index (χ2v) is 6.73. The Morgan fingerprint density at radius 1 is 1.53 bits per heavy atom. The summed E-state index contributed by atoms with van der Waals surface area (Å²) in [7, 11) is 0. The first kappa shape index (κ1) is 13.6. The van der Waals surface area contributed by atoms with Gasteiger partial charge < -0.3 is 15.6 Å². The van der Waals surface area contributed by atoms with Gasteiger partial charge in [0.1, 0.15) is 0 Å². The van der Waals surface area contributed by atoms with E-state index in [1.54, 1.807) is 0 Å². The second kappa shape index (κ2) is 4.85. The lowest BCUT2D eigenvalue weighted by Crippen LogP contribution is -2.44. The molecule has 3 nitrogen and oxygen atoms in total. The molecule has 0 aliphatic carbocycles. The van der Waals surface area contributed by atoms with Crippen molar-refractivity contribution >= 4 is 15.9 Å². The van der Waals surface area contributed by atoms with Gasteiger partial charge in [-0.25, -0.2) is 0 Å². The molecule has 2 bridgehead atoms. The molecule has 2 aliphatic rings. The van der Waals surface area contributed by atoms with E-state index in [4.69, 9.17) is 10.5 Å². The second-order valence-electron chi connectivity index (χ2n) is 5.88. The van der Waals surface area contributed by atoms with Gasteiger partial charge in [0.05, 0.1) is 18.3 Å². The third-order valence-electron chi connectivity index (χ3n) is 4.78. The fourth-order valence-electron chi connectivity index (χ4n) is 3.62. The van der Waals surface area contributed by atoms with Crippen LogP contribution in [0.2, 0.25) is 0 Å². The summed E-state index contributed by atoms with van der Waals surface area (Å²) >= 11 is 3.49. The molecule has 19 heavy (non-hydrogen) atoms. The summed E-state index contributed by atoms with van der Waals surface area (Å²) in [5.74, 6) is 0. The van der Waals surface area contributed by atoms with Crippen LogP contribution in [0.15, 0.2) is 22.7 Å². The van der Waals surface area contributed by atoms with E-state index in [0.717, 1.165) is 34.9 Å². The van der Waals surface area contributed by atoms with Crippen molar-refractivity contribution < 1.29 is 9.84 Å². The van der Waals surface area contributed by atoms with Crippen LogP contribution in [0, 0.1) is 12.3 Å². The van der Waals surface area contributed by atoms with E-state index in [-0.39, 0.29) is 11.5 Å². The Morgan fingerprint density at radius 3 is 2.84 bits per heavy atom. The highest BCUT2D eigenvalue weighted by Gasteiger charge is 2.55. The molecule has 1 aromatic carbocycles. The average molecular weight is 326 g/mol. The van der Waals surface area contributed by atoms with Gasteiger partial charge in [-0.3, -0.25) is 0 Å². The van der Waals surface area contributed by atoms with Crippen molar-refractivity contribution in [3.8, 4) is 0 Å². The number of aliphatic hydroxyl groups is 1. The first-order valence-electron chi connectivity index (χ1n) is 6.86. The Labute approximate surface area is 122 Å². The number of nitrogens with two attached hydrogens (primary N) is 1. The molecule has 2 heterocycles. The highest BCUT2D eigenvalue weighted by molar-refractivity contribution is 9.10. The number of aliphatic hydroxyl groups excluding tert-OH is 1. The van der Waals surface area contributed by atoms with E-state index in [2.05, 4.69) is 15.9 Å². The number of benzene rings is 1. The zero-order chi connectivity index (χ0) is 13.6. The van der Waals surface area contributed by atoms with E-state index in [0.29, 0.717) is 12.6 Å². The third-order valence-corrected chi connectivity index (χ3v) is 5.67. The highest BCUT2D eigenvalue weighted by atomic mass is 79.9. The van der Waals surface area contributed by atoms with Crippen LogP contribution >= 0.6 is 15.9 Å². The number of fused-ring (bicyclic) bond motifs is 2. The van der Waals surface area contributed by atoms with Crippen LogP contribution in [-0.2, 0) is 4.74 Å². The van der Waals surface area contributed by atoms with Gasteiger partial charge in [-0.15, -0.1) is 0 Å². The van der Waals surface area contributed by atoms with E-state index >= 15 is 0 Å². The molecule has 2 fully saturated rings. The topological polar surface area (TPSA) is 55.5 Å². The number of rotatable bonds is 3. The lowest BCUT2D eigenvalue weighted by Gasteiger charge is -2.38. The summed E-state index contributed by atoms with van der Waals surface area (Å²) in [5, 5.41) is 10.8. The van der Waals surface area contributed by atoms with E-state index in [9.17, 15) is 5.11 Å². The lowest BCUT2D eigenvalue weighted by molar-refractivity contribution is -0.0264. The van der Waals surface area contributed by atoms with Gasteiger partial charge in [0, 0.05) is 16.4 Å². The molecule has 4 unspecified atom stereocenters. The molecular weight excluding hydrogens is 306 g/mol. The smallest absolute Gasteiger partial charge is 0.0884 e. The summed E-state index contributed by atoms with van der Waals surface area (Å²) in [4.78, 5) is 0. The third kappa shape index (κ3) is 2.05. The average Bonchev–Trinajstić information content (AvgIpc) is 3.02. The van der Waals surface area contributed by atoms with E-state index in [1.165, 1.54) is 0 Å². The molecule has 4 atom stereocenters. The molecule has 0 amide bonds. The van der Waals surface area contributed by atoms with Crippen LogP contribution in [0.25, 0.3) is 0 Å². The van der Waals surface area contributed by atoms with Crippen LogP contribution < -0.4 is 5.73 Å². The lowest BCUT2D eigenvalue weighted by atomic mass is 9.68. The summed E-state index contributed by atoms with van der Waals surface area (Å²) in [6, 6.07) is 6.01. The van der Waals surface area contributed by atoms with Gasteiger partial charge in [0.15, 0.2) is 0 Å². The molecule has 0 saturated carbocycles. The Balaban J connectivity index is 1.93. The maximum atomic E-state index is 10.8. The number of aryl methyl sites for hydroxylation is 1. The van der Waals surface area contributed by atoms with E-state index in [1.807, 2.05) is 25.1 Å².